The molecule has 7 nitrogen and oxygen atoms in total. The number of amides is 3. The molecule has 3 amide bonds. The first-order valence-electron chi connectivity index (χ1n) is 11.5. The molecule has 2 bridgehead atoms. The maximum absolute atomic E-state index is 13.1. The van der Waals surface area contributed by atoms with Crippen LogP contribution >= 0.6 is 15.9 Å². The molecule has 1 aliphatic heterocycles. The van der Waals surface area contributed by atoms with E-state index in [1.807, 2.05) is 26.0 Å². The molecule has 1 saturated heterocycles. The fourth-order valence-electron chi connectivity index (χ4n) is 5.86. The van der Waals surface area contributed by atoms with E-state index in [2.05, 4.69) is 21.2 Å². The zero-order valence-corrected chi connectivity index (χ0v) is 20.6. The van der Waals surface area contributed by atoms with E-state index in [0.717, 1.165) is 34.9 Å². The number of rotatable bonds is 5. The van der Waals surface area contributed by atoms with Crippen LogP contribution in [0.1, 0.15) is 40.7 Å². The van der Waals surface area contributed by atoms with Crippen LogP contribution in [0.15, 0.2) is 40.9 Å². The van der Waals surface area contributed by atoms with Gasteiger partial charge in [-0.25, -0.2) is 4.79 Å². The number of benzene rings is 2. The van der Waals surface area contributed by atoms with Crippen LogP contribution in [-0.2, 0) is 19.1 Å². The lowest BCUT2D eigenvalue weighted by atomic mass is 9.81. The average Bonchev–Trinajstić information content (AvgIpc) is 3.49. The van der Waals surface area contributed by atoms with Crippen molar-refractivity contribution in [3.63, 3.8) is 0 Å². The van der Waals surface area contributed by atoms with Crippen LogP contribution in [0, 0.1) is 37.5 Å². The number of hydrogen-bond acceptors (Lipinski definition) is 5. The monoisotopic (exact) mass is 524 g/mol. The predicted octanol–water partition coefficient (Wildman–Crippen LogP) is 4.40. The highest BCUT2D eigenvalue weighted by Crippen LogP contribution is 2.56. The number of nitrogens with one attached hydrogen (secondary N) is 1. The lowest BCUT2D eigenvalue weighted by Crippen LogP contribution is -2.32. The lowest BCUT2D eigenvalue weighted by molar-refractivity contribution is -0.123. The number of hydrogen-bond donors (Lipinski definition) is 1. The number of halogens is 1. The summed E-state index contributed by atoms with van der Waals surface area (Å²) in [4.78, 5) is 52.3. The molecule has 2 aromatic rings. The summed E-state index contributed by atoms with van der Waals surface area (Å²) in [5.74, 6) is -1.34. The molecule has 2 aromatic carbocycles. The maximum Gasteiger partial charge on any atom is 0.338 e. The minimum absolute atomic E-state index is 0.160. The average molecular weight is 525 g/mol. The van der Waals surface area contributed by atoms with E-state index in [1.54, 1.807) is 18.2 Å². The lowest BCUT2D eigenvalue weighted by Gasteiger charge is -2.19. The van der Waals surface area contributed by atoms with Crippen molar-refractivity contribution < 1.29 is 23.9 Å². The van der Waals surface area contributed by atoms with Crippen molar-refractivity contribution in [2.75, 3.05) is 16.8 Å². The van der Waals surface area contributed by atoms with Crippen LogP contribution < -0.4 is 10.2 Å². The molecule has 3 fully saturated rings. The van der Waals surface area contributed by atoms with E-state index in [9.17, 15) is 19.2 Å². The molecule has 2 aliphatic carbocycles. The van der Waals surface area contributed by atoms with Crippen LogP contribution in [0.4, 0.5) is 11.4 Å². The minimum atomic E-state index is -0.695. The SMILES string of the molecule is Cc1cc(NC(=O)COC(=O)c2cccc(N3C(=O)[C@H]4[C@H]5CC[C@@H](C5)[C@@H]4C3=O)c2)cc(C)c1Br. The molecule has 176 valence electrons. The quantitative estimate of drug-likeness (QED) is 0.462. The number of nitrogens with zero attached hydrogens (tertiary/aromatic N) is 1. The summed E-state index contributed by atoms with van der Waals surface area (Å²) in [7, 11) is 0. The van der Waals surface area contributed by atoms with Crippen molar-refractivity contribution in [3.8, 4) is 0 Å². The molecule has 1 N–H and O–H groups in total. The molecule has 3 aliphatic rings. The van der Waals surface area contributed by atoms with Crippen LogP contribution in [0.2, 0.25) is 0 Å². The van der Waals surface area contributed by atoms with Crippen molar-refractivity contribution in [2.24, 2.45) is 23.7 Å². The van der Waals surface area contributed by atoms with Gasteiger partial charge in [-0.05, 0) is 86.4 Å². The van der Waals surface area contributed by atoms with Gasteiger partial charge >= 0.3 is 5.97 Å². The first-order valence-corrected chi connectivity index (χ1v) is 12.3. The Morgan fingerprint density at radius 2 is 1.65 bits per heavy atom. The highest BCUT2D eigenvalue weighted by Gasteiger charge is 2.61. The van der Waals surface area contributed by atoms with Crippen LogP contribution in [0.5, 0.6) is 0 Å². The number of carbonyl (C=O) groups is 4. The second-order valence-electron chi connectivity index (χ2n) is 9.50. The molecule has 1 heterocycles. The number of fused-ring (bicyclic) bond motifs is 5. The van der Waals surface area contributed by atoms with E-state index >= 15 is 0 Å². The number of esters is 1. The third-order valence-electron chi connectivity index (χ3n) is 7.32. The molecular weight excluding hydrogens is 500 g/mol. The Labute approximate surface area is 206 Å². The normalized spacial score (nSPS) is 25.0. The van der Waals surface area contributed by atoms with Gasteiger partial charge in [0, 0.05) is 10.2 Å². The second kappa shape index (κ2) is 8.65. The zero-order chi connectivity index (χ0) is 24.1. The van der Waals surface area contributed by atoms with Gasteiger partial charge in [-0.3, -0.25) is 19.3 Å². The number of aryl methyl sites for hydroxylation is 2. The molecular formula is C26H25BrN2O5. The fraction of sp³-hybridized carbons (Fsp3) is 0.385. The van der Waals surface area contributed by atoms with Gasteiger partial charge in [-0.2, -0.15) is 0 Å². The summed E-state index contributed by atoms with van der Waals surface area (Å²) >= 11 is 3.49. The van der Waals surface area contributed by atoms with Gasteiger partial charge in [-0.1, -0.05) is 22.0 Å². The Bertz CT molecular complexity index is 1170. The summed E-state index contributed by atoms with van der Waals surface area (Å²) in [6.45, 7) is 3.40. The Hall–Kier alpha value is -3.00. The maximum atomic E-state index is 13.1. The summed E-state index contributed by atoms with van der Waals surface area (Å²) in [5.41, 5.74) is 3.14. The topological polar surface area (TPSA) is 92.8 Å². The Kier molecular flexibility index (Phi) is 5.80. The Balaban J connectivity index is 1.24. The van der Waals surface area contributed by atoms with E-state index in [0.29, 0.717) is 23.2 Å². The van der Waals surface area contributed by atoms with Crippen LogP contribution in [0.25, 0.3) is 0 Å². The van der Waals surface area contributed by atoms with Crippen molar-refractivity contribution in [1.29, 1.82) is 0 Å². The molecule has 4 atom stereocenters. The smallest absolute Gasteiger partial charge is 0.338 e. The number of carbonyl (C=O) groups excluding carboxylic acids is 4. The van der Waals surface area contributed by atoms with Gasteiger partial charge < -0.3 is 10.1 Å². The van der Waals surface area contributed by atoms with Crippen LogP contribution in [0.3, 0.4) is 0 Å². The van der Waals surface area contributed by atoms with Crippen molar-refractivity contribution >= 4 is 51.0 Å². The predicted molar refractivity (Wildman–Crippen MR) is 129 cm³/mol. The molecule has 34 heavy (non-hydrogen) atoms. The first kappa shape index (κ1) is 22.8. The first-order chi connectivity index (χ1) is 16.2. The summed E-state index contributed by atoms with van der Waals surface area (Å²) in [6.07, 6.45) is 2.98. The number of anilines is 2. The van der Waals surface area contributed by atoms with E-state index in [-0.39, 0.29) is 29.2 Å². The highest BCUT2D eigenvalue weighted by molar-refractivity contribution is 9.10. The van der Waals surface area contributed by atoms with Gasteiger partial charge in [-0.15, -0.1) is 0 Å². The number of ether oxygens (including phenoxy) is 1. The highest BCUT2D eigenvalue weighted by atomic mass is 79.9. The van der Waals surface area contributed by atoms with Crippen molar-refractivity contribution in [3.05, 3.63) is 57.6 Å². The molecule has 8 heteroatoms. The van der Waals surface area contributed by atoms with E-state index in [4.69, 9.17) is 4.74 Å². The van der Waals surface area contributed by atoms with Gasteiger partial charge in [0.1, 0.15) is 0 Å². The molecule has 5 rings (SSSR count). The molecule has 0 aromatic heterocycles. The molecule has 0 spiro atoms. The summed E-state index contributed by atoms with van der Waals surface area (Å²) in [5, 5.41) is 2.73. The fourth-order valence-corrected chi connectivity index (χ4v) is 6.09. The summed E-state index contributed by atoms with van der Waals surface area (Å²) in [6, 6.07) is 9.95. The largest absolute Gasteiger partial charge is 0.452 e. The Morgan fingerprint density at radius 3 is 2.26 bits per heavy atom. The third-order valence-corrected chi connectivity index (χ3v) is 8.57. The zero-order valence-electron chi connectivity index (χ0n) is 19.0. The van der Waals surface area contributed by atoms with Gasteiger partial charge in [0.05, 0.1) is 23.1 Å². The molecule has 0 radical (unpaired) electrons. The van der Waals surface area contributed by atoms with E-state index in [1.165, 1.54) is 11.0 Å². The van der Waals surface area contributed by atoms with Crippen LogP contribution in [-0.4, -0.2) is 30.3 Å². The Morgan fingerprint density at radius 1 is 1.03 bits per heavy atom. The number of imide groups is 1. The van der Waals surface area contributed by atoms with E-state index < -0.39 is 18.5 Å². The van der Waals surface area contributed by atoms with Crippen molar-refractivity contribution in [1.82, 2.24) is 0 Å². The molecule has 2 saturated carbocycles. The van der Waals surface area contributed by atoms with Gasteiger partial charge in [0.2, 0.25) is 11.8 Å². The van der Waals surface area contributed by atoms with Crippen molar-refractivity contribution in [2.45, 2.75) is 33.1 Å². The standard InChI is InChI=1S/C26H25BrN2O5/c1-13-8-18(9-14(2)23(13)27)28-20(30)12-34-26(33)17-4-3-5-19(11-17)29-24(31)21-15-6-7-16(10-15)22(21)25(29)32/h3-5,8-9,11,15-16,21-22H,6-7,10,12H2,1-2H3,(H,28,30)/t15-,16-,21-,22-/m0/s1. The van der Waals surface area contributed by atoms with Gasteiger partial charge in [0.25, 0.3) is 5.91 Å². The van der Waals surface area contributed by atoms with Gasteiger partial charge in [0.15, 0.2) is 6.61 Å². The summed E-state index contributed by atoms with van der Waals surface area (Å²) < 4.78 is 6.16. The minimum Gasteiger partial charge on any atom is -0.452 e. The second-order valence-corrected chi connectivity index (χ2v) is 10.3. The molecule has 0 unspecified atom stereocenters. The third kappa shape index (κ3) is 3.83.